The minimum absolute atomic E-state index is 0.266. The predicted molar refractivity (Wildman–Crippen MR) is 80.9 cm³/mol. The Bertz CT molecular complexity index is 392. The van der Waals surface area contributed by atoms with Crippen LogP contribution in [-0.2, 0) is 14.3 Å². The molecule has 1 unspecified atom stereocenters. The molecular weight excluding hydrogens is 294 g/mol. The van der Waals surface area contributed by atoms with Gasteiger partial charge in [-0.2, -0.15) is 11.8 Å². The SMILES string of the molecule is COC(=O)[C@H]1CCCCN1C(=O)C(CCSC)NC(N)=O. The molecule has 7 nitrogen and oxygen atoms in total. The van der Waals surface area contributed by atoms with Crippen molar-refractivity contribution >= 4 is 29.7 Å². The third kappa shape index (κ3) is 5.11. The number of hydrogen-bond acceptors (Lipinski definition) is 5. The standard InChI is InChI=1S/C13H23N3O4S/c1-20-12(18)10-5-3-4-7-16(10)11(17)9(6-8-21-2)15-13(14)19/h9-10H,3-8H2,1-2H3,(H3,14,15,19)/t9?,10-/m1/s1. The summed E-state index contributed by atoms with van der Waals surface area (Å²) >= 11 is 1.58. The first-order chi connectivity index (χ1) is 10.0. The maximum atomic E-state index is 12.6. The molecule has 2 atom stereocenters. The minimum atomic E-state index is -0.735. The summed E-state index contributed by atoms with van der Waals surface area (Å²) in [5.74, 6) is 0.0386. The second-order valence-electron chi connectivity index (χ2n) is 4.91. The summed E-state index contributed by atoms with van der Waals surface area (Å²) in [6.07, 6.45) is 4.70. The number of esters is 1. The van der Waals surface area contributed by atoms with Crippen molar-refractivity contribution in [3.63, 3.8) is 0 Å². The molecule has 3 amide bonds. The van der Waals surface area contributed by atoms with Crippen molar-refractivity contribution in [3.8, 4) is 0 Å². The number of nitrogens with one attached hydrogen (secondary N) is 1. The molecule has 3 N–H and O–H groups in total. The summed E-state index contributed by atoms with van der Waals surface area (Å²) in [6, 6.07) is -2.00. The summed E-state index contributed by atoms with van der Waals surface area (Å²) in [5, 5.41) is 2.47. The monoisotopic (exact) mass is 317 g/mol. The minimum Gasteiger partial charge on any atom is -0.467 e. The number of carbonyl (C=O) groups excluding carboxylic acids is 3. The van der Waals surface area contributed by atoms with Gasteiger partial charge in [-0.15, -0.1) is 0 Å². The molecule has 1 fully saturated rings. The van der Waals surface area contributed by atoms with Crippen molar-refractivity contribution in [3.05, 3.63) is 0 Å². The highest BCUT2D eigenvalue weighted by Gasteiger charge is 2.36. The predicted octanol–water partition coefficient (Wildman–Crippen LogP) is 0.331. The molecule has 1 aliphatic heterocycles. The van der Waals surface area contributed by atoms with Crippen LogP contribution in [0.3, 0.4) is 0 Å². The molecule has 120 valence electrons. The van der Waals surface area contributed by atoms with Gasteiger partial charge in [-0.05, 0) is 37.7 Å². The third-order valence-electron chi connectivity index (χ3n) is 3.48. The van der Waals surface area contributed by atoms with Gasteiger partial charge in [0.15, 0.2) is 0 Å². The van der Waals surface area contributed by atoms with Gasteiger partial charge in [-0.3, -0.25) is 4.79 Å². The van der Waals surface area contributed by atoms with Crippen LogP contribution < -0.4 is 11.1 Å². The molecule has 0 aromatic heterocycles. The number of primary amides is 1. The van der Waals surface area contributed by atoms with Gasteiger partial charge in [-0.1, -0.05) is 0 Å². The van der Waals surface area contributed by atoms with Gasteiger partial charge >= 0.3 is 12.0 Å². The Balaban J connectivity index is 2.82. The maximum absolute atomic E-state index is 12.6. The molecule has 0 aliphatic carbocycles. The van der Waals surface area contributed by atoms with Crippen LogP contribution in [0.25, 0.3) is 0 Å². The lowest BCUT2D eigenvalue weighted by Gasteiger charge is -2.36. The number of urea groups is 1. The van der Waals surface area contributed by atoms with Crippen molar-refractivity contribution in [1.29, 1.82) is 0 Å². The molecule has 0 radical (unpaired) electrons. The zero-order valence-electron chi connectivity index (χ0n) is 12.5. The summed E-state index contributed by atoms with van der Waals surface area (Å²) in [5.41, 5.74) is 5.13. The maximum Gasteiger partial charge on any atom is 0.328 e. The van der Waals surface area contributed by atoms with E-state index in [9.17, 15) is 14.4 Å². The van der Waals surface area contributed by atoms with Crippen LogP contribution in [0, 0.1) is 0 Å². The number of amides is 3. The zero-order valence-corrected chi connectivity index (χ0v) is 13.3. The van der Waals surface area contributed by atoms with Gasteiger partial charge in [0.25, 0.3) is 0 Å². The van der Waals surface area contributed by atoms with Crippen molar-refractivity contribution in [2.24, 2.45) is 5.73 Å². The molecule has 0 aromatic carbocycles. The van der Waals surface area contributed by atoms with Crippen LogP contribution in [0.4, 0.5) is 4.79 Å². The first-order valence-corrected chi connectivity index (χ1v) is 8.33. The Morgan fingerprint density at radius 3 is 2.71 bits per heavy atom. The molecule has 0 spiro atoms. The highest BCUT2D eigenvalue weighted by atomic mass is 32.2. The lowest BCUT2D eigenvalue weighted by molar-refractivity contribution is -0.155. The van der Waals surface area contributed by atoms with Crippen LogP contribution in [0.2, 0.25) is 0 Å². The average molecular weight is 317 g/mol. The number of likely N-dealkylation sites (tertiary alicyclic amines) is 1. The fourth-order valence-electron chi connectivity index (χ4n) is 2.44. The number of methoxy groups -OCH3 is 1. The van der Waals surface area contributed by atoms with Gasteiger partial charge in [-0.25, -0.2) is 9.59 Å². The van der Waals surface area contributed by atoms with Crippen LogP contribution in [-0.4, -0.2) is 60.6 Å². The van der Waals surface area contributed by atoms with E-state index in [1.807, 2.05) is 6.26 Å². The summed E-state index contributed by atoms with van der Waals surface area (Å²) in [4.78, 5) is 37.0. The molecule has 1 aliphatic rings. The number of nitrogens with two attached hydrogens (primary N) is 1. The van der Waals surface area contributed by atoms with E-state index in [0.29, 0.717) is 25.1 Å². The first-order valence-electron chi connectivity index (χ1n) is 6.94. The summed E-state index contributed by atoms with van der Waals surface area (Å²) < 4.78 is 4.76. The van der Waals surface area contributed by atoms with E-state index < -0.39 is 24.1 Å². The Labute approximate surface area is 128 Å². The Hall–Kier alpha value is -1.44. The van der Waals surface area contributed by atoms with E-state index in [1.54, 1.807) is 11.8 Å². The van der Waals surface area contributed by atoms with Crippen molar-refractivity contribution in [2.75, 3.05) is 25.7 Å². The smallest absolute Gasteiger partial charge is 0.328 e. The van der Waals surface area contributed by atoms with Crippen molar-refractivity contribution in [2.45, 2.75) is 37.8 Å². The third-order valence-corrected chi connectivity index (χ3v) is 4.13. The molecule has 0 bridgehead atoms. The van der Waals surface area contributed by atoms with E-state index in [1.165, 1.54) is 12.0 Å². The van der Waals surface area contributed by atoms with Crippen LogP contribution >= 0.6 is 11.8 Å². The van der Waals surface area contributed by atoms with Crippen molar-refractivity contribution < 1.29 is 19.1 Å². The fourth-order valence-corrected chi connectivity index (χ4v) is 2.91. The Morgan fingerprint density at radius 1 is 1.43 bits per heavy atom. The highest BCUT2D eigenvalue weighted by molar-refractivity contribution is 7.98. The molecule has 1 heterocycles. The number of piperidine rings is 1. The first kappa shape index (κ1) is 17.6. The lowest BCUT2D eigenvalue weighted by Crippen LogP contribution is -2.56. The number of thioether (sulfide) groups is 1. The molecule has 1 saturated heterocycles. The van der Waals surface area contributed by atoms with Crippen LogP contribution in [0.15, 0.2) is 0 Å². The lowest BCUT2D eigenvalue weighted by atomic mass is 10.0. The van der Waals surface area contributed by atoms with E-state index in [4.69, 9.17) is 10.5 Å². The molecule has 1 rings (SSSR count). The van der Waals surface area contributed by atoms with E-state index in [2.05, 4.69) is 5.32 Å². The van der Waals surface area contributed by atoms with E-state index in [0.717, 1.165) is 12.8 Å². The summed E-state index contributed by atoms with van der Waals surface area (Å²) in [6.45, 7) is 0.495. The normalized spacial score (nSPS) is 19.7. The molecular formula is C13H23N3O4S. The van der Waals surface area contributed by atoms with Gasteiger partial charge in [0.2, 0.25) is 5.91 Å². The number of hydrogen-bond donors (Lipinski definition) is 2. The fraction of sp³-hybridized carbons (Fsp3) is 0.769. The highest BCUT2D eigenvalue weighted by Crippen LogP contribution is 2.20. The number of ether oxygens (including phenoxy) is 1. The molecule has 8 heteroatoms. The van der Waals surface area contributed by atoms with Gasteiger partial charge in [0.1, 0.15) is 12.1 Å². The Kier molecular flexibility index (Phi) is 7.35. The molecule has 0 aromatic rings. The van der Waals surface area contributed by atoms with E-state index in [-0.39, 0.29) is 5.91 Å². The quantitative estimate of drug-likeness (QED) is 0.687. The largest absolute Gasteiger partial charge is 0.467 e. The van der Waals surface area contributed by atoms with Crippen LogP contribution in [0.5, 0.6) is 0 Å². The Morgan fingerprint density at radius 2 is 2.14 bits per heavy atom. The second kappa shape index (κ2) is 8.76. The second-order valence-corrected chi connectivity index (χ2v) is 5.89. The molecule has 0 saturated carbocycles. The number of carbonyl (C=O) groups is 3. The van der Waals surface area contributed by atoms with Gasteiger partial charge < -0.3 is 20.7 Å². The topological polar surface area (TPSA) is 102 Å². The van der Waals surface area contributed by atoms with Gasteiger partial charge in [0.05, 0.1) is 7.11 Å². The summed E-state index contributed by atoms with van der Waals surface area (Å²) in [7, 11) is 1.31. The number of rotatable bonds is 6. The van der Waals surface area contributed by atoms with E-state index >= 15 is 0 Å². The van der Waals surface area contributed by atoms with Gasteiger partial charge in [0, 0.05) is 6.54 Å². The van der Waals surface area contributed by atoms with Crippen molar-refractivity contribution in [1.82, 2.24) is 10.2 Å². The molecule has 21 heavy (non-hydrogen) atoms. The number of nitrogens with zero attached hydrogens (tertiary/aromatic N) is 1. The van der Waals surface area contributed by atoms with Crippen LogP contribution in [0.1, 0.15) is 25.7 Å². The average Bonchev–Trinajstić information content (AvgIpc) is 2.49. The zero-order chi connectivity index (χ0) is 15.8.